The monoisotopic (exact) mass is 245 g/mol. The van der Waals surface area contributed by atoms with Crippen LogP contribution in [-0.2, 0) is 0 Å². The van der Waals surface area contributed by atoms with Gasteiger partial charge in [0.25, 0.3) is 0 Å². The Balaban J connectivity index is 2.43. The molecule has 2 rings (SSSR count). The number of aromatic amines is 1. The van der Waals surface area contributed by atoms with Crippen molar-refractivity contribution in [2.75, 3.05) is 5.73 Å². The van der Waals surface area contributed by atoms with Crippen LogP contribution in [-0.4, -0.2) is 9.97 Å². The lowest BCUT2D eigenvalue weighted by molar-refractivity contribution is 0.867. The minimum absolute atomic E-state index is 0.410. The maximum atomic E-state index is 5.68. The van der Waals surface area contributed by atoms with Gasteiger partial charge in [-0.15, -0.1) is 0 Å². The number of aromatic nitrogens is 2. The molecule has 88 valence electrons. The molecule has 0 unspecified atom stereocenters. The second-order valence-corrected chi connectivity index (χ2v) is 4.69. The highest BCUT2D eigenvalue weighted by Crippen LogP contribution is 2.21. The van der Waals surface area contributed by atoms with Crippen molar-refractivity contribution in [2.45, 2.75) is 19.8 Å². The summed E-state index contributed by atoms with van der Waals surface area (Å²) in [6, 6.07) is 10.2. The predicted octanol–water partition coefficient (Wildman–Crippen LogP) is 3.51. The molecule has 0 saturated heterocycles. The van der Waals surface area contributed by atoms with Crippen LogP contribution in [0.4, 0.5) is 5.82 Å². The molecule has 0 aliphatic heterocycles. The molecule has 0 spiro atoms. The molecule has 17 heavy (non-hydrogen) atoms. The van der Waals surface area contributed by atoms with E-state index in [0.29, 0.717) is 16.5 Å². The average molecular weight is 245 g/mol. The standard InChI is InChI=1S/C13H15N3S/c1-8(2)9-3-5-10(6-4-9)11-7-12(14)16-13(17)15-11/h3-8H,1-2H3,(H3,14,15,16,17). The van der Waals surface area contributed by atoms with Gasteiger partial charge in [0.05, 0.1) is 5.69 Å². The molecule has 0 radical (unpaired) electrons. The van der Waals surface area contributed by atoms with Crippen molar-refractivity contribution in [3.8, 4) is 11.3 Å². The van der Waals surface area contributed by atoms with Crippen molar-refractivity contribution >= 4 is 18.0 Å². The first-order chi connectivity index (χ1) is 8.06. The number of rotatable bonds is 2. The molecule has 4 heteroatoms. The fourth-order valence-electron chi connectivity index (χ4n) is 1.68. The third kappa shape index (κ3) is 2.71. The fraction of sp³-hybridized carbons (Fsp3) is 0.231. The highest BCUT2D eigenvalue weighted by molar-refractivity contribution is 7.71. The molecular weight excluding hydrogens is 230 g/mol. The van der Waals surface area contributed by atoms with E-state index in [2.05, 4.69) is 48.1 Å². The van der Waals surface area contributed by atoms with Crippen LogP contribution in [0.2, 0.25) is 0 Å². The first kappa shape index (κ1) is 11.8. The van der Waals surface area contributed by atoms with Gasteiger partial charge in [0, 0.05) is 6.07 Å². The van der Waals surface area contributed by atoms with E-state index >= 15 is 0 Å². The van der Waals surface area contributed by atoms with Crippen molar-refractivity contribution in [1.82, 2.24) is 9.97 Å². The van der Waals surface area contributed by atoms with Gasteiger partial charge in [-0.05, 0) is 29.3 Å². The highest BCUT2D eigenvalue weighted by Gasteiger charge is 2.02. The number of benzene rings is 1. The van der Waals surface area contributed by atoms with Gasteiger partial charge in [-0.1, -0.05) is 38.1 Å². The maximum Gasteiger partial charge on any atom is 0.199 e. The zero-order valence-corrected chi connectivity index (χ0v) is 10.7. The lowest BCUT2D eigenvalue weighted by atomic mass is 10.0. The fourth-order valence-corrected chi connectivity index (χ4v) is 1.90. The predicted molar refractivity (Wildman–Crippen MR) is 73.4 cm³/mol. The van der Waals surface area contributed by atoms with Crippen molar-refractivity contribution in [3.63, 3.8) is 0 Å². The molecule has 0 saturated carbocycles. The Hall–Kier alpha value is -1.68. The van der Waals surface area contributed by atoms with E-state index in [1.165, 1.54) is 5.56 Å². The number of nitrogens with two attached hydrogens (primary N) is 1. The number of anilines is 1. The van der Waals surface area contributed by atoms with Crippen LogP contribution in [0.15, 0.2) is 30.3 Å². The molecule has 0 bridgehead atoms. The first-order valence-electron chi connectivity index (χ1n) is 5.53. The number of nitrogens with one attached hydrogen (secondary N) is 1. The SMILES string of the molecule is CC(C)c1ccc(-c2cc(N)nc(=S)[nH]2)cc1. The van der Waals surface area contributed by atoms with Gasteiger partial charge in [-0.2, -0.15) is 0 Å². The molecule has 0 amide bonds. The van der Waals surface area contributed by atoms with Crippen LogP contribution >= 0.6 is 12.2 Å². The molecule has 0 aliphatic rings. The summed E-state index contributed by atoms with van der Waals surface area (Å²) in [4.78, 5) is 6.98. The van der Waals surface area contributed by atoms with E-state index in [0.717, 1.165) is 11.3 Å². The van der Waals surface area contributed by atoms with Gasteiger partial charge in [-0.3, -0.25) is 0 Å². The minimum Gasteiger partial charge on any atom is -0.384 e. The summed E-state index contributed by atoms with van der Waals surface area (Å²) in [6.45, 7) is 4.35. The normalized spacial score (nSPS) is 10.8. The Morgan fingerprint density at radius 3 is 2.41 bits per heavy atom. The zero-order chi connectivity index (χ0) is 12.4. The second-order valence-electron chi connectivity index (χ2n) is 4.30. The smallest absolute Gasteiger partial charge is 0.199 e. The summed E-state index contributed by atoms with van der Waals surface area (Å²) in [5.41, 5.74) is 8.96. The van der Waals surface area contributed by atoms with E-state index in [9.17, 15) is 0 Å². The van der Waals surface area contributed by atoms with E-state index in [-0.39, 0.29) is 0 Å². The lowest BCUT2D eigenvalue weighted by Gasteiger charge is -2.07. The van der Waals surface area contributed by atoms with Gasteiger partial charge in [0.1, 0.15) is 5.82 Å². The number of nitrogen functional groups attached to an aromatic ring is 1. The van der Waals surface area contributed by atoms with Crippen LogP contribution in [0.25, 0.3) is 11.3 Å². The zero-order valence-electron chi connectivity index (χ0n) is 9.90. The minimum atomic E-state index is 0.410. The maximum absolute atomic E-state index is 5.68. The molecule has 3 N–H and O–H groups in total. The Labute approximate surface area is 106 Å². The third-order valence-electron chi connectivity index (χ3n) is 2.65. The molecule has 0 aliphatic carbocycles. The van der Waals surface area contributed by atoms with Gasteiger partial charge >= 0.3 is 0 Å². The summed E-state index contributed by atoms with van der Waals surface area (Å²) in [7, 11) is 0. The van der Waals surface area contributed by atoms with E-state index in [1.54, 1.807) is 6.07 Å². The number of H-pyrrole nitrogens is 1. The van der Waals surface area contributed by atoms with Gasteiger partial charge < -0.3 is 10.7 Å². The molecule has 3 nitrogen and oxygen atoms in total. The van der Waals surface area contributed by atoms with Crippen LogP contribution < -0.4 is 5.73 Å². The van der Waals surface area contributed by atoms with Gasteiger partial charge in [0.15, 0.2) is 4.77 Å². The topological polar surface area (TPSA) is 54.7 Å². The lowest BCUT2D eigenvalue weighted by Crippen LogP contribution is -1.95. The summed E-state index contributed by atoms with van der Waals surface area (Å²) >= 11 is 5.01. The van der Waals surface area contributed by atoms with Crippen LogP contribution in [0.3, 0.4) is 0 Å². The molecule has 1 heterocycles. The van der Waals surface area contributed by atoms with Gasteiger partial charge in [0.2, 0.25) is 0 Å². The second kappa shape index (κ2) is 4.67. The highest BCUT2D eigenvalue weighted by atomic mass is 32.1. The van der Waals surface area contributed by atoms with Crippen LogP contribution in [0.1, 0.15) is 25.3 Å². The number of nitrogens with zero attached hydrogens (tertiary/aromatic N) is 1. The summed E-state index contributed by atoms with van der Waals surface area (Å²) in [5.74, 6) is 0.974. The van der Waals surface area contributed by atoms with Crippen molar-refractivity contribution in [1.29, 1.82) is 0 Å². The van der Waals surface area contributed by atoms with Gasteiger partial charge in [-0.25, -0.2) is 4.98 Å². The molecular formula is C13H15N3S. The van der Waals surface area contributed by atoms with E-state index in [1.807, 2.05) is 0 Å². The Kier molecular flexibility index (Phi) is 3.24. The molecule has 1 aromatic carbocycles. The number of hydrogen-bond acceptors (Lipinski definition) is 3. The Morgan fingerprint density at radius 2 is 1.88 bits per heavy atom. The van der Waals surface area contributed by atoms with Crippen LogP contribution in [0, 0.1) is 4.77 Å². The summed E-state index contributed by atoms with van der Waals surface area (Å²) < 4.78 is 0.410. The molecule has 2 aromatic rings. The molecule has 0 atom stereocenters. The Morgan fingerprint density at radius 1 is 1.24 bits per heavy atom. The van der Waals surface area contributed by atoms with Crippen LogP contribution in [0.5, 0.6) is 0 Å². The average Bonchev–Trinajstić information content (AvgIpc) is 2.28. The first-order valence-corrected chi connectivity index (χ1v) is 5.94. The van der Waals surface area contributed by atoms with Crippen molar-refractivity contribution < 1.29 is 0 Å². The largest absolute Gasteiger partial charge is 0.384 e. The quantitative estimate of drug-likeness (QED) is 0.796. The van der Waals surface area contributed by atoms with Crippen molar-refractivity contribution in [2.24, 2.45) is 0 Å². The molecule has 0 fully saturated rings. The number of hydrogen-bond donors (Lipinski definition) is 2. The third-order valence-corrected chi connectivity index (χ3v) is 2.85. The van der Waals surface area contributed by atoms with E-state index in [4.69, 9.17) is 18.0 Å². The van der Waals surface area contributed by atoms with Crippen molar-refractivity contribution in [3.05, 3.63) is 40.7 Å². The Bertz CT molecular complexity index is 570. The summed E-state index contributed by atoms with van der Waals surface area (Å²) in [5, 5.41) is 0. The molecule has 1 aromatic heterocycles. The van der Waals surface area contributed by atoms with E-state index < -0.39 is 0 Å². The summed E-state index contributed by atoms with van der Waals surface area (Å²) in [6.07, 6.45) is 0.